The molecule has 0 fully saturated rings. The molecule has 84 valence electrons. The molecule has 0 bridgehead atoms. The molecule has 0 aliphatic carbocycles. The first kappa shape index (κ1) is 12.7. The third kappa shape index (κ3) is 2.83. The molecule has 0 saturated heterocycles. The van der Waals surface area contributed by atoms with Crippen LogP contribution in [0.25, 0.3) is 0 Å². The Morgan fingerprint density at radius 3 is 2.81 bits per heavy atom. The van der Waals surface area contributed by atoms with Crippen molar-refractivity contribution in [3.63, 3.8) is 0 Å². The highest BCUT2D eigenvalue weighted by Gasteiger charge is 2.17. The average Bonchev–Trinajstić information content (AvgIpc) is 2.28. The van der Waals surface area contributed by atoms with Gasteiger partial charge in [0.25, 0.3) is 0 Å². The van der Waals surface area contributed by atoms with E-state index in [0.717, 1.165) is 0 Å². The highest BCUT2D eigenvalue weighted by atomic mass is 79.9. The number of rotatable bonds is 4. The van der Waals surface area contributed by atoms with Crippen LogP contribution in [0.15, 0.2) is 18.2 Å². The van der Waals surface area contributed by atoms with Gasteiger partial charge in [0, 0.05) is 0 Å². The Kier molecular flexibility index (Phi) is 4.51. The summed E-state index contributed by atoms with van der Waals surface area (Å²) in [5.41, 5.74) is 1.14. The molecule has 0 heterocycles. The van der Waals surface area contributed by atoms with Crippen LogP contribution < -0.4 is 4.74 Å². The summed E-state index contributed by atoms with van der Waals surface area (Å²) in [5, 5.41) is 8.95. The Hall–Kier alpha value is -1.34. The van der Waals surface area contributed by atoms with Gasteiger partial charge in [-0.05, 0) is 37.6 Å². The van der Waals surface area contributed by atoms with Crippen molar-refractivity contribution in [3.05, 3.63) is 29.3 Å². The summed E-state index contributed by atoms with van der Waals surface area (Å²) in [6, 6.07) is 7.18. The smallest absolute Gasteiger partial charge is 0.147 e. The summed E-state index contributed by atoms with van der Waals surface area (Å²) < 4.78 is 5.33. The molecule has 0 amide bonds. The average molecular weight is 282 g/mol. The molecule has 0 radical (unpaired) electrons. The molecule has 0 aliphatic rings. The molecule has 3 nitrogen and oxygen atoms in total. The number of nitrogens with zero attached hydrogens (tertiary/aromatic N) is 1. The van der Waals surface area contributed by atoms with E-state index in [2.05, 4.69) is 22.0 Å². The van der Waals surface area contributed by atoms with Crippen LogP contribution in [0, 0.1) is 11.3 Å². The number of carbonyl (C=O) groups is 1. The summed E-state index contributed by atoms with van der Waals surface area (Å²) in [4.78, 5) is 10.8. The summed E-state index contributed by atoms with van der Waals surface area (Å²) >= 11 is 3.27. The molecule has 16 heavy (non-hydrogen) atoms. The second-order valence-corrected chi connectivity index (χ2v) is 4.18. The van der Waals surface area contributed by atoms with E-state index in [0.29, 0.717) is 23.5 Å². The minimum Gasteiger partial charge on any atom is -0.494 e. The predicted octanol–water partition coefficient (Wildman–Crippen LogP) is 2.98. The Bertz CT molecular complexity index is 437. The lowest BCUT2D eigenvalue weighted by Crippen LogP contribution is -2.04. The van der Waals surface area contributed by atoms with Gasteiger partial charge in [-0.3, -0.25) is 4.79 Å². The van der Waals surface area contributed by atoms with E-state index in [4.69, 9.17) is 10.00 Å². The van der Waals surface area contributed by atoms with Crippen molar-refractivity contribution < 1.29 is 9.53 Å². The number of alkyl halides is 1. The number of benzene rings is 1. The minimum atomic E-state index is -0.456. The van der Waals surface area contributed by atoms with E-state index in [9.17, 15) is 4.79 Å². The maximum atomic E-state index is 11.3. The zero-order valence-electron chi connectivity index (χ0n) is 9.16. The van der Waals surface area contributed by atoms with Crippen LogP contribution in [0.1, 0.15) is 29.8 Å². The molecule has 1 unspecified atom stereocenters. The fraction of sp³-hybridized carbons (Fsp3) is 0.333. The van der Waals surface area contributed by atoms with Gasteiger partial charge in [-0.2, -0.15) is 5.26 Å². The Balaban J connectivity index is 3.17. The SMILES string of the molecule is CCOc1ccc(C#N)c(C(Br)C(C)=O)c1. The lowest BCUT2D eigenvalue weighted by atomic mass is 10.0. The Morgan fingerprint density at radius 1 is 1.62 bits per heavy atom. The number of nitriles is 1. The quantitative estimate of drug-likeness (QED) is 0.798. The fourth-order valence-electron chi connectivity index (χ4n) is 1.33. The van der Waals surface area contributed by atoms with Crippen molar-refractivity contribution in [1.82, 2.24) is 0 Å². The van der Waals surface area contributed by atoms with Gasteiger partial charge in [0.2, 0.25) is 0 Å². The van der Waals surface area contributed by atoms with Crippen LogP contribution in [0.3, 0.4) is 0 Å². The molecule has 1 atom stereocenters. The van der Waals surface area contributed by atoms with E-state index in [1.807, 2.05) is 6.92 Å². The van der Waals surface area contributed by atoms with Crippen molar-refractivity contribution in [1.29, 1.82) is 5.26 Å². The van der Waals surface area contributed by atoms with Gasteiger partial charge < -0.3 is 4.74 Å². The minimum absolute atomic E-state index is 0.0369. The van der Waals surface area contributed by atoms with Crippen LogP contribution in [0.2, 0.25) is 0 Å². The van der Waals surface area contributed by atoms with Crippen LogP contribution >= 0.6 is 15.9 Å². The van der Waals surface area contributed by atoms with E-state index < -0.39 is 4.83 Å². The van der Waals surface area contributed by atoms with Crippen molar-refractivity contribution in [2.75, 3.05) is 6.61 Å². The Labute approximate surface area is 103 Å². The van der Waals surface area contributed by atoms with Gasteiger partial charge in [-0.25, -0.2) is 0 Å². The summed E-state index contributed by atoms with van der Waals surface area (Å²) in [6.45, 7) is 3.92. The zero-order valence-corrected chi connectivity index (χ0v) is 10.7. The van der Waals surface area contributed by atoms with Crippen molar-refractivity contribution in [2.45, 2.75) is 18.7 Å². The molecule has 0 N–H and O–H groups in total. The van der Waals surface area contributed by atoms with Crippen molar-refractivity contribution in [2.24, 2.45) is 0 Å². The monoisotopic (exact) mass is 281 g/mol. The summed E-state index contributed by atoms with van der Waals surface area (Å²) in [5.74, 6) is 0.632. The summed E-state index contributed by atoms with van der Waals surface area (Å²) in [6.07, 6.45) is 0. The van der Waals surface area contributed by atoms with E-state index in [-0.39, 0.29) is 5.78 Å². The lowest BCUT2D eigenvalue weighted by molar-refractivity contribution is -0.116. The number of Topliss-reactive ketones (excluding diaryl/α,β-unsaturated/α-hetero) is 1. The third-order valence-corrected chi connectivity index (χ3v) is 3.22. The van der Waals surface area contributed by atoms with Gasteiger partial charge in [-0.15, -0.1) is 0 Å². The fourth-order valence-corrected chi connectivity index (χ4v) is 1.71. The largest absolute Gasteiger partial charge is 0.494 e. The topological polar surface area (TPSA) is 50.1 Å². The van der Waals surface area contributed by atoms with Gasteiger partial charge in [0.05, 0.1) is 23.1 Å². The lowest BCUT2D eigenvalue weighted by Gasteiger charge is -2.11. The highest BCUT2D eigenvalue weighted by Crippen LogP contribution is 2.29. The zero-order chi connectivity index (χ0) is 12.1. The molecular weight excluding hydrogens is 270 g/mol. The molecule has 0 aliphatic heterocycles. The maximum Gasteiger partial charge on any atom is 0.147 e. The Morgan fingerprint density at radius 2 is 2.31 bits per heavy atom. The van der Waals surface area contributed by atoms with E-state index in [1.54, 1.807) is 18.2 Å². The number of hydrogen-bond acceptors (Lipinski definition) is 3. The molecule has 1 rings (SSSR count). The molecule has 0 spiro atoms. The molecular formula is C12H12BrNO2. The van der Waals surface area contributed by atoms with Crippen LogP contribution in [0.4, 0.5) is 0 Å². The number of ketones is 1. The molecule has 1 aromatic rings. The third-order valence-electron chi connectivity index (χ3n) is 2.08. The molecule has 1 aromatic carbocycles. The van der Waals surface area contributed by atoms with Gasteiger partial charge in [-0.1, -0.05) is 15.9 Å². The van der Waals surface area contributed by atoms with E-state index in [1.165, 1.54) is 6.92 Å². The van der Waals surface area contributed by atoms with Gasteiger partial charge >= 0.3 is 0 Å². The molecule has 0 aromatic heterocycles. The van der Waals surface area contributed by atoms with Crippen LogP contribution in [0.5, 0.6) is 5.75 Å². The first-order valence-corrected chi connectivity index (χ1v) is 5.83. The summed E-state index contributed by atoms with van der Waals surface area (Å²) in [7, 11) is 0. The molecule has 4 heteroatoms. The van der Waals surface area contributed by atoms with Gasteiger partial charge in [0.15, 0.2) is 0 Å². The number of halogens is 1. The second-order valence-electron chi connectivity index (χ2n) is 3.27. The first-order valence-electron chi connectivity index (χ1n) is 4.91. The van der Waals surface area contributed by atoms with E-state index >= 15 is 0 Å². The maximum absolute atomic E-state index is 11.3. The predicted molar refractivity (Wildman–Crippen MR) is 64.7 cm³/mol. The highest BCUT2D eigenvalue weighted by molar-refractivity contribution is 9.09. The van der Waals surface area contributed by atoms with Gasteiger partial charge in [0.1, 0.15) is 11.5 Å². The van der Waals surface area contributed by atoms with Crippen molar-refractivity contribution in [3.8, 4) is 11.8 Å². The number of hydrogen-bond donors (Lipinski definition) is 0. The number of carbonyl (C=O) groups excluding carboxylic acids is 1. The normalized spacial score (nSPS) is 11.6. The first-order chi connectivity index (χ1) is 7.60. The van der Waals surface area contributed by atoms with Crippen molar-refractivity contribution >= 4 is 21.7 Å². The standard InChI is InChI=1S/C12H12BrNO2/c1-3-16-10-5-4-9(7-14)11(6-10)12(13)8(2)15/h4-6,12H,3H2,1-2H3. The second kappa shape index (κ2) is 5.66. The molecule has 0 saturated carbocycles. The number of ether oxygens (including phenoxy) is 1. The van der Waals surface area contributed by atoms with Crippen LogP contribution in [-0.4, -0.2) is 12.4 Å². The van der Waals surface area contributed by atoms with Crippen LogP contribution in [-0.2, 0) is 4.79 Å².